The summed E-state index contributed by atoms with van der Waals surface area (Å²) in [5, 5.41) is 18.9. The third kappa shape index (κ3) is 6.39. The van der Waals surface area contributed by atoms with Crippen LogP contribution in [0.4, 0.5) is 17.3 Å². The Hall–Kier alpha value is -3.78. The number of nitrogens with zero attached hydrogens (tertiary/aromatic N) is 4. The number of hydrogen-bond acceptors (Lipinski definition) is 10. The molecule has 0 aliphatic carbocycles. The molecule has 3 heterocycles. The number of nitrogens with one attached hydrogen (secondary N) is 3. The largest absolute Gasteiger partial charge is 0.491 e. The van der Waals surface area contributed by atoms with Crippen molar-refractivity contribution in [2.75, 3.05) is 57.2 Å². The lowest BCUT2D eigenvalue weighted by atomic mass is 10.1. The van der Waals surface area contributed by atoms with Crippen molar-refractivity contribution in [3.8, 4) is 22.9 Å². The van der Waals surface area contributed by atoms with Gasteiger partial charge < -0.3 is 30.2 Å². The number of anilines is 3. The lowest BCUT2D eigenvalue weighted by Gasteiger charge is -2.25. The molecule has 0 unspecified atom stereocenters. The number of morpholine rings is 1. The first-order valence-corrected chi connectivity index (χ1v) is 11.0. The zero-order chi connectivity index (χ0) is 23.6. The SMILES string of the molecule is COCCOc1ccc(-c2cnc(Nc3cnc(C#N)cn3)cc2NC[C@@H]2CNCCO2)cc1. The van der Waals surface area contributed by atoms with Crippen molar-refractivity contribution in [2.24, 2.45) is 0 Å². The smallest absolute Gasteiger partial charge is 0.158 e. The van der Waals surface area contributed by atoms with Crippen LogP contribution >= 0.6 is 0 Å². The number of ether oxygens (including phenoxy) is 3. The summed E-state index contributed by atoms with van der Waals surface area (Å²) in [6.45, 7) is 4.05. The van der Waals surface area contributed by atoms with Crippen LogP contribution in [0.1, 0.15) is 5.69 Å². The molecular formula is C24H27N7O3. The van der Waals surface area contributed by atoms with E-state index in [0.29, 0.717) is 38.0 Å². The van der Waals surface area contributed by atoms with Crippen molar-refractivity contribution >= 4 is 17.3 Å². The van der Waals surface area contributed by atoms with Crippen molar-refractivity contribution in [3.05, 3.63) is 54.6 Å². The maximum Gasteiger partial charge on any atom is 0.158 e. The van der Waals surface area contributed by atoms with Gasteiger partial charge in [0, 0.05) is 50.3 Å². The minimum absolute atomic E-state index is 0.0760. The highest BCUT2D eigenvalue weighted by Gasteiger charge is 2.15. The standard InChI is InChI=1S/C24H27N7O3/c1-32-8-9-34-19-4-2-17(3-5-19)21-15-30-23(31-24-16-27-18(11-25)12-29-24)10-22(21)28-14-20-13-26-6-7-33-20/h2-5,10,12,15-16,20,26H,6-9,13-14H2,1H3,(H2,28,29,30,31)/t20-/m0/s1. The summed E-state index contributed by atoms with van der Waals surface area (Å²) >= 11 is 0. The normalized spacial score (nSPS) is 15.4. The Morgan fingerprint density at radius 2 is 1.97 bits per heavy atom. The number of benzene rings is 1. The Labute approximate surface area is 198 Å². The molecule has 0 spiro atoms. The molecule has 3 aromatic rings. The van der Waals surface area contributed by atoms with E-state index >= 15 is 0 Å². The van der Waals surface area contributed by atoms with Crippen molar-refractivity contribution in [2.45, 2.75) is 6.10 Å². The van der Waals surface area contributed by atoms with Crippen LogP contribution in [0.25, 0.3) is 11.1 Å². The number of rotatable bonds is 10. The Morgan fingerprint density at radius 1 is 1.12 bits per heavy atom. The van der Waals surface area contributed by atoms with Gasteiger partial charge in [-0.2, -0.15) is 5.26 Å². The fourth-order valence-electron chi connectivity index (χ4n) is 3.43. The summed E-state index contributed by atoms with van der Waals surface area (Å²) in [5.74, 6) is 1.89. The van der Waals surface area contributed by atoms with E-state index in [-0.39, 0.29) is 11.8 Å². The second-order valence-electron chi connectivity index (χ2n) is 7.58. The first-order valence-electron chi connectivity index (χ1n) is 11.0. The van der Waals surface area contributed by atoms with Crippen LogP contribution in [-0.4, -0.2) is 67.6 Å². The van der Waals surface area contributed by atoms with Crippen LogP contribution < -0.4 is 20.7 Å². The summed E-state index contributed by atoms with van der Waals surface area (Å²) in [5.41, 5.74) is 3.11. The number of pyridine rings is 1. The van der Waals surface area contributed by atoms with E-state index in [1.54, 1.807) is 7.11 Å². The Morgan fingerprint density at radius 3 is 2.68 bits per heavy atom. The summed E-state index contributed by atoms with van der Waals surface area (Å²) < 4.78 is 16.5. The predicted molar refractivity (Wildman–Crippen MR) is 128 cm³/mol. The van der Waals surface area contributed by atoms with Gasteiger partial charge >= 0.3 is 0 Å². The minimum Gasteiger partial charge on any atom is -0.491 e. The zero-order valence-electron chi connectivity index (χ0n) is 19.0. The van der Waals surface area contributed by atoms with E-state index in [4.69, 9.17) is 19.5 Å². The van der Waals surface area contributed by atoms with Gasteiger partial charge in [-0.15, -0.1) is 0 Å². The quantitative estimate of drug-likeness (QED) is 0.388. The van der Waals surface area contributed by atoms with Gasteiger partial charge in [0.15, 0.2) is 5.69 Å². The highest BCUT2D eigenvalue weighted by molar-refractivity contribution is 5.80. The molecule has 0 saturated carbocycles. The second kappa shape index (κ2) is 11.9. The van der Waals surface area contributed by atoms with Gasteiger partial charge in [-0.1, -0.05) is 12.1 Å². The first-order chi connectivity index (χ1) is 16.7. The Bertz CT molecular complexity index is 1100. The van der Waals surface area contributed by atoms with Crippen LogP contribution in [0, 0.1) is 11.3 Å². The Balaban J connectivity index is 1.54. The summed E-state index contributed by atoms with van der Waals surface area (Å²) in [7, 11) is 1.65. The number of aromatic nitrogens is 3. The fraction of sp³-hybridized carbons (Fsp3) is 0.333. The molecule has 1 aliphatic rings. The molecule has 10 heteroatoms. The molecule has 176 valence electrons. The third-order valence-electron chi connectivity index (χ3n) is 5.17. The van der Waals surface area contributed by atoms with Crippen molar-refractivity contribution in [1.82, 2.24) is 20.3 Å². The number of methoxy groups -OCH3 is 1. The van der Waals surface area contributed by atoms with Crippen molar-refractivity contribution in [3.63, 3.8) is 0 Å². The lowest BCUT2D eigenvalue weighted by molar-refractivity contribution is 0.0372. The van der Waals surface area contributed by atoms with Gasteiger partial charge in [0.1, 0.15) is 30.1 Å². The molecule has 10 nitrogen and oxygen atoms in total. The molecule has 2 aromatic heterocycles. The van der Waals surface area contributed by atoms with E-state index < -0.39 is 0 Å². The summed E-state index contributed by atoms with van der Waals surface area (Å²) in [4.78, 5) is 12.8. The maximum absolute atomic E-state index is 8.91. The average Bonchev–Trinajstić information content (AvgIpc) is 2.89. The average molecular weight is 462 g/mol. The zero-order valence-corrected chi connectivity index (χ0v) is 19.0. The van der Waals surface area contributed by atoms with E-state index in [1.165, 1.54) is 12.4 Å². The van der Waals surface area contributed by atoms with Gasteiger partial charge in [-0.25, -0.2) is 15.0 Å². The van der Waals surface area contributed by atoms with Crippen LogP contribution in [0.5, 0.6) is 5.75 Å². The molecule has 34 heavy (non-hydrogen) atoms. The summed E-state index contributed by atoms with van der Waals surface area (Å²) in [6.07, 6.45) is 4.81. The van der Waals surface area contributed by atoms with Crippen LogP contribution in [0.3, 0.4) is 0 Å². The second-order valence-corrected chi connectivity index (χ2v) is 7.58. The minimum atomic E-state index is 0.0760. The van der Waals surface area contributed by atoms with Gasteiger partial charge in [-0.3, -0.25) is 0 Å². The van der Waals surface area contributed by atoms with Crippen molar-refractivity contribution < 1.29 is 14.2 Å². The maximum atomic E-state index is 8.91. The van der Waals surface area contributed by atoms with E-state index in [1.807, 2.05) is 42.6 Å². The van der Waals surface area contributed by atoms with Crippen LogP contribution in [0.15, 0.2) is 48.9 Å². The molecule has 0 amide bonds. The molecular weight excluding hydrogens is 434 g/mol. The van der Waals surface area contributed by atoms with E-state index in [9.17, 15) is 0 Å². The highest BCUT2D eigenvalue weighted by Crippen LogP contribution is 2.31. The van der Waals surface area contributed by atoms with Gasteiger partial charge in [-0.05, 0) is 17.7 Å². The molecule has 1 saturated heterocycles. The lowest BCUT2D eigenvalue weighted by Crippen LogP contribution is -2.42. The predicted octanol–water partition coefficient (Wildman–Crippen LogP) is 2.58. The fourth-order valence-corrected chi connectivity index (χ4v) is 3.43. The van der Waals surface area contributed by atoms with Crippen LogP contribution in [-0.2, 0) is 9.47 Å². The number of hydrogen-bond donors (Lipinski definition) is 3. The molecule has 1 aromatic carbocycles. The first kappa shape index (κ1) is 23.4. The molecule has 0 radical (unpaired) electrons. The molecule has 1 atom stereocenters. The topological polar surface area (TPSA) is 126 Å². The Kier molecular flexibility index (Phi) is 8.18. The van der Waals surface area contributed by atoms with Gasteiger partial charge in [0.05, 0.1) is 31.7 Å². The molecule has 0 bridgehead atoms. The van der Waals surface area contributed by atoms with E-state index in [0.717, 1.165) is 35.7 Å². The molecule has 1 fully saturated rings. The molecule has 3 N–H and O–H groups in total. The molecule has 1 aliphatic heterocycles. The van der Waals surface area contributed by atoms with Gasteiger partial charge in [0.2, 0.25) is 0 Å². The third-order valence-corrected chi connectivity index (χ3v) is 5.17. The molecule has 4 rings (SSSR count). The van der Waals surface area contributed by atoms with E-state index in [2.05, 4.69) is 30.9 Å². The summed E-state index contributed by atoms with van der Waals surface area (Å²) in [6, 6.07) is 11.8. The number of nitriles is 1. The van der Waals surface area contributed by atoms with Gasteiger partial charge in [0.25, 0.3) is 0 Å². The van der Waals surface area contributed by atoms with Crippen LogP contribution in [0.2, 0.25) is 0 Å². The highest BCUT2D eigenvalue weighted by atomic mass is 16.5. The monoisotopic (exact) mass is 461 g/mol. The van der Waals surface area contributed by atoms with Crippen molar-refractivity contribution in [1.29, 1.82) is 5.26 Å².